The molecule has 0 heterocycles. The molecule has 1 aromatic carbocycles. The second-order valence-electron chi connectivity index (χ2n) is 4.55. The van der Waals surface area contributed by atoms with Gasteiger partial charge in [0.15, 0.2) is 5.60 Å². The Labute approximate surface area is 127 Å². The molecule has 0 amide bonds. The van der Waals surface area contributed by atoms with Crippen LogP contribution in [0.15, 0.2) is 24.3 Å². The van der Waals surface area contributed by atoms with E-state index in [1.165, 1.54) is 0 Å². The molecule has 0 spiro atoms. The highest BCUT2D eigenvalue weighted by Crippen LogP contribution is 2.20. The molecule has 0 unspecified atom stereocenters. The summed E-state index contributed by atoms with van der Waals surface area (Å²) in [5.74, 6) is 0.279. The van der Waals surface area contributed by atoms with Gasteiger partial charge in [-0.1, -0.05) is 0 Å². The van der Waals surface area contributed by atoms with Gasteiger partial charge in [0.25, 0.3) is 0 Å². The molecule has 0 fully saturated rings. The third-order valence-corrected chi connectivity index (χ3v) is 3.12. The van der Waals surface area contributed by atoms with Gasteiger partial charge in [0.05, 0.1) is 6.61 Å². The minimum Gasteiger partial charge on any atom is -0.476 e. The highest BCUT2D eigenvalue weighted by molar-refractivity contribution is 14.1. The Morgan fingerprint density at radius 1 is 1.21 bits per heavy atom. The predicted molar refractivity (Wildman–Crippen MR) is 81.3 cm³/mol. The van der Waals surface area contributed by atoms with Crippen LogP contribution in [-0.2, 0) is 14.3 Å². The standard InChI is InChI=1S/C14H19IO4/c1-14(2,13(16)18-10-4-9-17-3)19-12-7-5-11(15)6-8-12/h5-8H,4,9-10H2,1-3H3. The van der Waals surface area contributed by atoms with Gasteiger partial charge >= 0.3 is 5.97 Å². The SMILES string of the molecule is COCCCOC(=O)C(C)(C)Oc1ccc(I)cc1. The smallest absolute Gasteiger partial charge is 0.349 e. The van der Waals surface area contributed by atoms with E-state index in [0.29, 0.717) is 25.4 Å². The third kappa shape index (κ3) is 5.78. The van der Waals surface area contributed by atoms with Crippen LogP contribution < -0.4 is 4.74 Å². The van der Waals surface area contributed by atoms with Crippen molar-refractivity contribution in [3.8, 4) is 5.75 Å². The molecule has 1 aromatic rings. The van der Waals surface area contributed by atoms with Crippen molar-refractivity contribution in [2.45, 2.75) is 25.9 Å². The highest BCUT2D eigenvalue weighted by Gasteiger charge is 2.31. The molecule has 5 heteroatoms. The first-order chi connectivity index (χ1) is 8.95. The summed E-state index contributed by atoms with van der Waals surface area (Å²) in [6.07, 6.45) is 0.682. The van der Waals surface area contributed by atoms with Crippen molar-refractivity contribution in [2.75, 3.05) is 20.3 Å². The van der Waals surface area contributed by atoms with Gasteiger partial charge in [-0.05, 0) is 60.7 Å². The summed E-state index contributed by atoms with van der Waals surface area (Å²) in [4.78, 5) is 11.9. The van der Waals surface area contributed by atoms with Crippen molar-refractivity contribution < 1.29 is 19.0 Å². The largest absolute Gasteiger partial charge is 0.476 e. The number of hydrogen-bond donors (Lipinski definition) is 0. The molecular formula is C14H19IO4. The Bertz CT molecular complexity index is 400. The zero-order valence-electron chi connectivity index (χ0n) is 11.4. The number of methoxy groups -OCH3 is 1. The van der Waals surface area contributed by atoms with Crippen molar-refractivity contribution >= 4 is 28.6 Å². The van der Waals surface area contributed by atoms with Crippen LogP contribution in [0.4, 0.5) is 0 Å². The first kappa shape index (κ1) is 16.2. The summed E-state index contributed by atoms with van der Waals surface area (Å²) in [6.45, 7) is 4.31. The molecule has 0 radical (unpaired) electrons. The Hall–Kier alpha value is -0.820. The zero-order valence-corrected chi connectivity index (χ0v) is 13.6. The Kier molecular flexibility index (Phi) is 6.57. The first-order valence-corrected chi connectivity index (χ1v) is 7.14. The number of carbonyl (C=O) groups is 1. The molecule has 106 valence electrons. The van der Waals surface area contributed by atoms with E-state index in [4.69, 9.17) is 14.2 Å². The molecule has 4 nitrogen and oxygen atoms in total. The molecule has 0 saturated heterocycles. The van der Waals surface area contributed by atoms with E-state index < -0.39 is 5.60 Å². The quantitative estimate of drug-likeness (QED) is 0.416. The highest BCUT2D eigenvalue weighted by atomic mass is 127. The van der Waals surface area contributed by atoms with Crippen LogP contribution in [0.1, 0.15) is 20.3 Å². The van der Waals surface area contributed by atoms with Crippen molar-refractivity contribution in [2.24, 2.45) is 0 Å². The van der Waals surface area contributed by atoms with Gasteiger partial charge in [-0.3, -0.25) is 0 Å². The van der Waals surface area contributed by atoms with Crippen LogP contribution >= 0.6 is 22.6 Å². The van der Waals surface area contributed by atoms with Gasteiger partial charge in [0, 0.05) is 23.7 Å². The molecule has 0 aliphatic rings. The maximum absolute atomic E-state index is 11.9. The number of esters is 1. The van der Waals surface area contributed by atoms with E-state index in [-0.39, 0.29) is 5.97 Å². The van der Waals surface area contributed by atoms with Crippen molar-refractivity contribution in [3.05, 3.63) is 27.8 Å². The van der Waals surface area contributed by atoms with E-state index >= 15 is 0 Å². The lowest BCUT2D eigenvalue weighted by Gasteiger charge is -2.24. The van der Waals surface area contributed by atoms with Crippen LogP contribution in [0.3, 0.4) is 0 Å². The second kappa shape index (κ2) is 7.69. The van der Waals surface area contributed by atoms with Crippen LogP contribution in [0.25, 0.3) is 0 Å². The van der Waals surface area contributed by atoms with Crippen molar-refractivity contribution in [1.82, 2.24) is 0 Å². The molecule has 1 rings (SSSR count). The fourth-order valence-electron chi connectivity index (χ4n) is 1.38. The monoisotopic (exact) mass is 378 g/mol. The average molecular weight is 378 g/mol. The minimum absolute atomic E-state index is 0.339. The van der Waals surface area contributed by atoms with Crippen LogP contribution in [0, 0.1) is 3.57 Å². The summed E-state index contributed by atoms with van der Waals surface area (Å²) < 4.78 is 16.8. The second-order valence-corrected chi connectivity index (χ2v) is 5.79. The normalized spacial score (nSPS) is 11.2. The predicted octanol–water partition coefficient (Wildman–Crippen LogP) is 3.03. The Morgan fingerprint density at radius 2 is 1.84 bits per heavy atom. The van der Waals surface area contributed by atoms with Crippen molar-refractivity contribution in [1.29, 1.82) is 0 Å². The lowest BCUT2D eigenvalue weighted by atomic mass is 10.1. The van der Waals surface area contributed by atoms with E-state index in [1.54, 1.807) is 21.0 Å². The fourth-order valence-corrected chi connectivity index (χ4v) is 1.74. The number of hydrogen-bond acceptors (Lipinski definition) is 4. The maximum Gasteiger partial charge on any atom is 0.349 e. The summed E-state index contributed by atoms with van der Waals surface area (Å²) in [5.41, 5.74) is -1.00. The van der Waals surface area contributed by atoms with E-state index in [9.17, 15) is 4.79 Å². The lowest BCUT2D eigenvalue weighted by molar-refractivity contribution is -0.159. The van der Waals surface area contributed by atoms with Crippen LogP contribution in [0.5, 0.6) is 5.75 Å². The molecule has 0 N–H and O–H groups in total. The van der Waals surface area contributed by atoms with E-state index in [1.807, 2.05) is 24.3 Å². The molecule has 0 saturated carbocycles. The van der Waals surface area contributed by atoms with Crippen molar-refractivity contribution in [3.63, 3.8) is 0 Å². The molecule has 0 aliphatic heterocycles. The molecular weight excluding hydrogens is 359 g/mol. The number of ether oxygens (including phenoxy) is 3. The Morgan fingerprint density at radius 3 is 2.42 bits per heavy atom. The van der Waals surface area contributed by atoms with Gasteiger partial charge in [0.1, 0.15) is 5.75 Å². The number of halogens is 1. The number of benzene rings is 1. The average Bonchev–Trinajstić information content (AvgIpc) is 2.37. The summed E-state index contributed by atoms with van der Waals surface area (Å²) in [5, 5.41) is 0. The first-order valence-electron chi connectivity index (χ1n) is 6.06. The molecule has 0 bridgehead atoms. The third-order valence-electron chi connectivity index (χ3n) is 2.40. The van der Waals surface area contributed by atoms with Crippen LogP contribution in [-0.4, -0.2) is 31.9 Å². The van der Waals surface area contributed by atoms with Crippen LogP contribution in [0.2, 0.25) is 0 Å². The molecule has 0 atom stereocenters. The topological polar surface area (TPSA) is 44.8 Å². The summed E-state index contributed by atoms with van der Waals surface area (Å²) in [7, 11) is 1.62. The summed E-state index contributed by atoms with van der Waals surface area (Å²) >= 11 is 2.21. The van der Waals surface area contributed by atoms with Gasteiger partial charge in [0.2, 0.25) is 0 Å². The lowest BCUT2D eigenvalue weighted by Crippen LogP contribution is -2.40. The molecule has 19 heavy (non-hydrogen) atoms. The van der Waals surface area contributed by atoms with E-state index in [2.05, 4.69) is 22.6 Å². The Balaban J connectivity index is 2.49. The minimum atomic E-state index is -1.00. The van der Waals surface area contributed by atoms with E-state index in [0.717, 1.165) is 3.57 Å². The zero-order chi connectivity index (χ0) is 14.3. The van der Waals surface area contributed by atoms with Gasteiger partial charge in [-0.15, -0.1) is 0 Å². The fraction of sp³-hybridized carbons (Fsp3) is 0.500. The van der Waals surface area contributed by atoms with Gasteiger partial charge in [-0.2, -0.15) is 0 Å². The van der Waals surface area contributed by atoms with Gasteiger partial charge in [-0.25, -0.2) is 4.79 Å². The molecule has 0 aliphatic carbocycles. The number of carbonyl (C=O) groups excluding carboxylic acids is 1. The molecule has 0 aromatic heterocycles. The maximum atomic E-state index is 11.9. The van der Waals surface area contributed by atoms with Gasteiger partial charge < -0.3 is 14.2 Å². The summed E-state index contributed by atoms with van der Waals surface area (Å²) in [6, 6.07) is 7.52. The number of rotatable bonds is 7.